The summed E-state index contributed by atoms with van der Waals surface area (Å²) in [6.45, 7) is 0. The fourth-order valence-corrected chi connectivity index (χ4v) is 2.34. The van der Waals surface area contributed by atoms with Crippen LogP contribution >= 0.6 is 0 Å². The molecule has 5 heteroatoms. The SMILES string of the molecule is NC(=O)C1(c2ccncc2)CCC1C(=O)O. The average Bonchev–Trinajstić information content (AvgIpc) is 2.16. The average molecular weight is 220 g/mol. The molecule has 0 saturated heterocycles. The maximum absolute atomic E-state index is 11.6. The molecule has 1 aromatic rings. The first-order valence-electron chi connectivity index (χ1n) is 5.02. The van der Waals surface area contributed by atoms with Gasteiger partial charge < -0.3 is 10.8 Å². The van der Waals surface area contributed by atoms with Crippen molar-refractivity contribution in [2.45, 2.75) is 18.3 Å². The van der Waals surface area contributed by atoms with Crippen molar-refractivity contribution in [2.24, 2.45) is 11.7 Å². The molecule has 2 rings (SSSR count). The third-order valence-electron chi connectivity index (χ3n) is 3.36. The normalized spacial score (nSPS) is 28.1. The zero-order chi connectivity index (χ0) is 11.8. The van der Waals surface area contributed by atoms with E-state index in [1.807, 2.05) is 0 Å². The van der Waals surface area contributed by atoms with Crippen molar-refractivity contribution in [2.75, 3.05) is 0 Å². The first kappa shape index (κ1) is 10.6. The van der Waals surface area contributed by atoms with Crippen molar-refractivity contribution in [3.63, 3.8) is 0 Å². The van der Waals surface area contributed by atoms with Crippen molar-refractivity contribution in [3.8, 4) is 0 Å². The predicted octanol–water partition coefficient (Wildman–Crippen LogP) is 0.299. The zero-order valence-electron chi connectivity index (χ0n) is 8.59. The molecule has 5 nitrogen and oxygen atoms in total. The lowest BCUT2D eigenvalue weighted by Crippen LogP contribution is -2.56. The van der Waals surface area contributed by atoms with E-state index in [4.69, 9.17) is 10.8 Å². The molecule has 3 N–H and O–H groups in total. The second-order valence-corrected chi connectivity index (χ2v) is 4.00. The van der Waals surface area contributed by atoms with Crippen LogP contribution < -0.4 is 5.73 Å². The maximum Gasteiger partial charge on any atom is 0.307 e. The molecule has 1 amide bonds. The smallest absolute Gasteiger partial charge is 0.307 e. The monoisotopic (exact) mass is 220 g/mol. The summed E-state index contributed by atoms with van der Waals surface area (Å²) >= 11 is 0. The van der Waals surface area contributed by atoms with E-state index in [1.165, 1.54) is 12.4 Å². The number of nitrogens with zero attached hydrogens (tertiary/aromatic N) is 1. The Bertz CT molecular complexity index is 432. The number of aromatic nitrogens is 1. The number of primary amides is 1. The number of hydrogen-bond donors (Lipinski definition) is 2. The topological polar surface area (TPSA) is 93.3 Å². The van der Waals surface area contributed by atoms with Gasteiger partial charge in [-0.2, -0.15) is 0 Å². The molecule has 0 radical (unpaired) electrons. The highest BCUT2D eigenvalue weighted by Crippen LogP contribution is 2.48. The van der Waals surface area contributed by atoms with Crippen LogP contribution in [0.1, 0.15) is 18.4 Å². The van der Waals surface area contributed by atoms with Crippen molar-refractivity contribution in [3.05, 3.63) is 30.1 Å². The molecule has 0 aromatic carbocycles. The largest absolute Gasteiger partial charge is 0.481 e. The van der Waals surface area contributed by atoms with Crippen molar-refractivity contribution >= 4 is 11.9 Å². The summed E-state index contributed by atoms with van der Waals surface area (Å²) in [6.07, 6.45) is 4.05. The van der Waals surface area contributed by atoms with Crippen LogP contribution in [-0.4, -0.2) is 22.0 Å². The summed E-state index contributed by atoms with van der Waals surface area (Å²) in [5.74, 6) is -2.26. The van der Waals surface area contributed by atoms with Crippen LogP contribution in [0, 0.1) is 5.92 Å². The second-order valence-electron chi connectivity index (χ2n) is 4.00. The van der Waals surface area contributed by atoms with Crippen molar-refractivity contribution < 1.29 is 14.7 Å². The van der Waals surface area contributed by atoms with E-state index in [0.717, 1.165) is 0 Å². The molecule has 2 unspecified atom stereocenters. The maximum atomic E-state index is 11.6. The van der Waals surface area contributed by atoms with Crippen LogP contribution in [-0.2, 0) is 15.0 Å². The Hall–Kier alpha value is -1.91. The van der Waals surface area contributed by atoms with E-state index >= 15 is 0 Å². The Morgan fingerprint density at radius 3 is 2.44 bits per heavy atom. The molecule has 2 atom stereocenters. The van der Waals surface area contributed by atoms with Crippen molar-refractivity contribution in [1.82, 2.24) is 4.98 Å². The van der Waals surface area contributed by atoms with Crippen LogP contribution in [0.3, 0.4) is 0 Å². The van der Waals surface area contributed by atoms with Crippen LogP contribution in [0.5, 0.6) is 0 Å². The van der Waals surface area contributed by atoms with Gasteiger partial charge in [0.25, 0.3) is 0 Å². The Balaban J connectivity index is 2.46. The lowest BCUT2D eigenvalue weighted by molar-refractivity contribution is -0.154. The minimum atomic E-state index is -1.05. The number of carbonyl (C=O) groups excluding carboxylic acids is 1. The van der Waals surface area contributed by atoms with Crippen molar-refractivity contribution in [1.29, 1.82) is 0 Å². The van der Waals surface area contributed by atoms with E-state index in [0.29, 0.717) is 18.4 Å². The van der Waals surface area contributed by atoms with E-state index in [-0.39, 0.29) is 0 Å². The molecular weight excluding hydrogens is 208 g/mol. The van der Waals surface area contributed by atoms with Gasteiger partial charge >= 0.3 is 5.97 Å². The van der Waals surface area contributed by atoms with Crippen LogP contribution in [0.2, 0.25) is 0 Å². The molecule has 1 aliphatic carbocycles. The van der Waals surface area contributed by atoms with Gasteiger partial charge in [-0.05, 0) is 30.5 Å². The fraction of sp³-hybridized carbons (Fsp3) is 0.364. The van der Waals surface area contributed by atoms with E-state index in [2.05, 4.69) is 4.98 Å². The highest BCUT2D eigenvalue weighted by molar-refractivity contribution is 5.94. The Labute approximate surface area is 92.3 Å². The quantitative estimate of drug-likeness (QED) is 0.766. The number of nitrogens with two attached hydrogens (primary N) is 1. The number of rotatable bonds is 3. The van der Waals surface area contributed by atoms with Gasteiger partial charge in [0, 0.05) is 12.4 Å². The van der Waals surface area contributed by atoms with E-state index in [9.17, 15) is 9.59 Å². The molecule has 1 fully saturated rings. The molecule has 1 saturated carbocycles. The number of amides is 1. The molecule has 1 aromatic heterocycles. The highest BCUT2D eigenvalue weighted by atomic mass is 16.4. The lowest BCUT2D eigenvalue weighted by atomic mass is 9.56. The van der Waals surface area contributed by atoms with Gasteiger partial charge in [0.1, 0.15) is 0 Å². The summed E-state index contributed by atoms with van der Waals surface area (Å²) in [4.78, 5) is 26.5. The summed E-state index contributed by atoms with van der Waals surface area (Å²) < 4.78 is 0. The Morgan fingerprint density at radius 2 is 2.06 bits per heavy atom. The highest BCUT2D eigenvalue weighted by Gasteiger charge is 2.56. The van der Waals surface area contributed by atoms with Gasteiger partial charge in [0.05, 0.1) is 11.3 Å². The van der Waals surface area contributed by atoms with Gasteiger partial charge in [-0.1, -0.05) is 0 Å². The standard InChI is InChI=1S/C11H12N2O3/c12-10(16)11(4-1-8(11)9(14)15)7-2-5-13-6-3-7/h2-3,5-6,8H,1,4H2,(H2,12,16)(H,14,15). The van der Waals surface area contributed by atoms with Gasteiger partial charge in [0.2, 0.25) is 5.91 Å². The fourth-order valence-electron chi connectivity index (χ4n) is 2.34. The second kappa shape index (κ2) is 3.59. The van der Waals surface area contributed by atoms with Gasteiger partial charge in [0.15, 0.2) is 0 Å². The lowest BCUT2D eigenvalue weighted by Gasteiger charge is -2.44. The molecule has 1 aliphatic rings. The van der Waals surface area contributed by atoms with E-state index in [1.54, 1.807) is 12.1 Å². The minimum Gasteiger partial charge on any atom is -0.481 e. The Morgan fingerprint density at radius 1 is 1.44 bits per heavy atom. The number of carbonyl (C=O) groups is 2. The first-order chi connectivity index (χ1) is 7.59. The van der Waals surface area contributed by atoms with Crippen LogP contribution in [0.25, 0.3) is 0 Å². The van der Waals surface area contributed by atoms with Gasteiger partial charge in [-0.3, -0.25) is 14.6 Å². The van der Waals surface area contributed by atoms with E-state index < -0.39 is 23.2 Å². The molecule has 0 spiro atoms. The zero-order valence-corrected chi connectivity index (χ0v) is 8.59. The summed E-state index contributed by atoms with van der Waals surface area (Å²) in [5, 5.41) is 9.06. The predicted molar refractivity (Wildman–Crippen MR) is 55.5 cm³/mol. The molecule has 0 aliphatic heterocycles. The third-order valence-corrected chi connectivity index (χ3v) is 3.36. The molecular formula is C11H12N2O3. The molecule has 16 heavy (non-hydrogen) atoms. The number of hydrogen-bond acceptors (Lipinski definition) is 3. The van der Waals surface area contributed by atoms with Gasteiger partial charge in [-0.25, -0.2) is 0 Å². The first-order valence-corrected chi connectivity index (χ1v) is 5.02. The molecule has 84 valence electrons. The molecule has 0 bridgehead atoms. The van der Waals surface area contributed by atoms with Gasteiger partial charge in [-0.15, -0.1) is 0 Å². The van der Waals surface area contributed by atoms with Crippen LogP contribution in [0.4, 0.5) is 0 Å². The third kappa shape index (κ3) is 1.28. The minimum absolute atomic E-state index is 0.487. The molecule has 1 heterocycles. The number of aliphatic carboxylic acids is 1. The number of pyridine rings is 1. The number of carboxylic acids is 1. The van der Waals surface area contributed by atoms with Crippen LogP contribution in [0.15, 0.2) is 24.5 Å². The summed E-state index contributed by atoms with van der Waals surface area (Å²) in [6, 6.07) is 3.31. The number of carboxylic acid groups (broad SMARTS) is 1. The summed E-state index contributed by atoms with van der Waals surface area (Å²) in [7, 11) is 0. The Kier molecular flexibility index (Phi) is 2.38. The summed E-state index contributed by atoms with van der Waals surface area (Å²) in [5.41, 5.74) is 4.97.